The van der Waals surface area contributed by atoms with Gasteiger partial charge in [0.1, 0.15) is 12.4 Å². The van der Waals surface area contributed by atoms with Gasteiger partial charge in [-0.1, -0.05) is 29.8 Å². The van der Waals surface area contributed by atoms with E-state index in [2.05, 4.69) is 25.7 Å². The highest BCUT2D eigenvalue weighted by molar-refractivity contribution is 6.30. The lowest BCUT2D eigenvalue weighted by Crippen LogP contribution is -2.35. The summed E-state index contributed by atoms with van der Waals surface area (Å²) in [5.74, 6) is 0.411. The van der Waals surface area contributed by atoms with E-state index in [4.69, 9.17) is 11.6 Å². The van der Waals surface area contributed by atoms with Crippen molar-refractivity contribution < 1.29 is 4.79 Å². The fourth-order valence-corrected chi connectivity index (χ4v) is 3.78. The summed E-state index contributed by atoms with van der Waals surface area (Å²) in [5, 5.41) is 12.3. The first-order chi connectivity index (χ1) is 14.1. The molecule has 1 aliphatic rings. The Labute approximate surface area is 171 Å². The van der Waals surface area contributed by atoms with E-state index >= 15 is 0 Å². The average molecular weight is 405 g/mol. The fourth-order valence-electron chi connectivity index (χ4n) is 3.66. The summed E-state index contributed by atoms with van der Waals surface area (Å²) >= 11 is 5.95. The molecule has 0 aliphatic carbocycles. The second-order valence-electron chi connectivity index (χ2n) is 6.85. The number of carbonyl (C=O) groups excluding carboxylic acids is 1. The second-order valence-corrected chi connectivity index (χ2v) is 7.28. The Balaban J connectivity index is 1.60. The third-order valence-corrected chi connectivity index (χ3v) is 5.32. The van der Waals surface area contributed by atoms with Crippen molar-refractivity contribution in [3.8, 4) is 0 Å². The van der Waals surface area contributed by atoms with Crippen LogP contribution < -0.4 is 10.6 Å². The standard InChI is InChI=1S/C21H17ClN6O/c1-12-18(27-20(29)13-6-8-14(22)9-7-13)19(28-21(26-12)24-11-25-28)16-10-23-17-5-3-2-4-15(16)17/h2-11,19,23H,1H3,(H,27,29)(H,24,25,26). The zero-order valence-electron chi connectivity index (χ0n) is 15.5. The highest BCUT2D eigenvalue weighted by Crippen LogP contribution is 2.36. The number of aromatic nitrogens is 4. The molecule has 2 aromatic heterocycles. The second kappa shape index (κ2) is 6.79. The lowest BCUT2D eigenvalue weighted by atomic mass is 10.00. The number of fused-ring (bicyclic) bond motifs is 2. The molecule has 1 amide bonds. The maximum atomic E-state index is 12.9. The van der Waals surface area contributed by atoms with Crippen molar-refractivity contribution in [3.63, 3.8) is 0 Å². The number of para-hydroxylation sites is 1. The van der Waals surface area contributed by atoms with Crippen LogP contribution in [0, 0.1) is 0 Å². The number of amides is 1. The lowest BCUT2D eigenvalue weighted by molar-refractivity contribution is 0.0961. The number of nitrogens with zero attached hydrogens (tertiary/aromatic N) is 3. The predicted molar refractivity (Wildman–Crippen MR) is 112 cm³/mol. The van der Waals surface area contributed by atoms with Gasteiger partial charge in [-0.2, -0.15) is 10.1 Å². The highest BCUT2D eigenvalue weighted by Gasteiger charge is 2.32. The number of benzene rings is 2. The van der Waals surface area contributed by atoms with Crippen molar-refractivity contribution >= 4 is 34.4 Å². The topological polar surface area (TPSA) is 87.6 Å². The number of aromatic amines is 1. The van der Waals surface area contributed by atoms with Gasteiger partial charge in [-0.15, -0.1) is 0 Å². The number of rotatable bonds is 3. The molecule has 0 fully saturated rings. The maximum absolute atomic E-state index is 12.9. The summed E-state index contributed by atoms with van der Waals surface area (Å²) in [5.41, 5.74) is 4.07. The quantitative estimate of drug-likeness (QED) is 0.480. The van der Waals surface area contributed by atoms with Crippen LogP contribution in [0.4, 0.5) is 5.95 Å². The zero-order valence-corrected chi connectivity index (χ0v) is 16.2. The van der Waals surface area contributed by atoms with Crippen molar-refractivity contribution in [1.82, 2.24) is 25.1 Å². The molecule has 7 nitrogen and oxygen atoms in total. The first kappa shape index (κ1) is 17.5. The number of hydrogen-bond donors (Lipinski definition) is 3. The number of anilines is 1. The van der Waals surface area contributed by atoms with E-state index in [1.807, 2.05) is 37.4 Å². The Bertz CT molecular complexity index is 1250. The molecule has 8 heteroatoms. The molecule has 5 rings (SSSR count). The molecule has 0 spiro atoms. The van der Waals surface area contributed by atoms with Crippen molar-refractivity contribution in [2.24, 2.45) is 0 Å². The van der Waals surface area contributed by atoms with Crippen LogP contribution >= 0.6 is 11.6 Å². The average Bonchev–Trinajstić information content (AvgIpc) is 3.36. The van der Waals surface area contributed by atoms with Crippen molar-refractivity contribution in [2.75, 3.05) is 5.32 Å². The minimum Gasteiger partial charge on any atom is -0.361 e. The third-order valence-electron chi connectivity index (χ3n) is 5.06. The van der Waals surface area contributed by atoms with Gasteiger partial charge in [-0.3, -0.25) is 4.79 Å². The van der Waals surface area contributed by atoms with E-state index in [0.29, 0.717) is 22.2 Å². The Morgan fingerprint density at radius 2 is 1.97 bits per heavy atom. The van der Waals surface area contributed by atoms with Crippen LogP contribution in [0.1, 0.15) is 28.9 Å². The highest BCUT2D eigenvalue weighted by atomic mass is 35.5. The molecule has 1 atom stereocenters. The lowest BCUT2D eigenvalue weighted by Gasteiger charge is -2.29. The van der Waals surface area contributed by atoms with Crippen molar-refractivity contribution in [1.29, 1.82) is 0 Å². The van der Waals surface area contributed by atoms with Gasteiger partial charge in [-0.05, 0) is 37.3 Å². The number of hydrogen-bond acceptors (Lipinski definition) is 4. The molecule has 3 heterocycles. The van der Waals surface area contributed by atoms with Crippen LogP contribution in [0.25, 0.3) is 10.9 Å². The van der Waals surface area contributed by atoms with Gasteiger partial charge in [0, 0.05) is 38.9 Å². The molecule has 0 saturated carbocycles. The first-order valence-electron chi connectivity index (χ1n) is 9.12. The summed E-state index contributed by atoms with van der Waals surface area (Å²) in [6.45, 7) is 1.91. The van der Waals surface area contributed by atoms with Crippen molar-refractivity contribution in [3.05, 3.63) is 88.6 Å². The number of allylic oxidation sites excluding steroid dienone is 2. The number of halogens is 1. The number of H-pyrrole nitrogens is 1. The number of carbonyl (C=O) groups is 1. The minimum absolute atomic E-state index is 0.216. The van der Waals surface area contributed by atoms with E-state index in [1.165, 1.54) is 6.33 Å². The van der Waals surface area contributed by atoms with Gasteiger partial charge in [0.25, 0.3) is 5.91 Å². The van der Waals surface area contributed by atoms with Crippen LogP contribution in [-0.4, -0.2) is 25.7 Å². The molecule has 2 aromatic carbocycles. The van der Waals surface area contributed by atoms with Crippen LogP contribution in [0.15, 0.2) is 72.4 Å². The van der Waals surface area contributed by atoms with E-state index in [1.54, 1.807) is 28.9 Å². The van der Waals surface area contributed by atoms with Crippen LogP contribution in [-0.2, 0) is 0 Å². The molecular formula is C21H17ClN6O. The number of nitrogens with one attached hydrogen (secondary N) is 3. The van der Waals surface area contributed by atoms with Crippen LogP contribution in [0.2, 0.25) is 5.02 Å². The molecule has 3 N–H and O–H groups in total. The zero-order chi connectivity index (χ0) is 20.0. The van der Waals surface area contributed by atoms with E-state index < -0.39 is 0 Å². The van der Waals surface area contributed by atoms with Crippen LogP contribution in [0.5, 0.6) is 0 Å². The van der Waals surface area contributed by atoms with Gasteiger partial charge in [0.15, 0.2) is 0 Å². The predicted octanol–water partition coefficient (Wildman–Crippen LogP) is 4.09. The summed E-state index contributed by atoms with van der Waals surface area (Å²) in [4.78, 5) is 20.5. The Morgan fingerprint density at radius 1 is 1.17 bits per heavy atom. The molecule has 4 aromatic rings. The molecule has 0 radical (unpaired) electrons. The molecule has 29 heavy (non-hydrogen) atoms. The largest absolute Gasteiger partial charge is 0.361 e. The molecule has 0 bridgehead atoms. The molecule has 1 unspecified atom stereocenters. The van der Waals surface area contributed by atoms with Gasteiger partial charge in [0.05, 0.1) is 5.70 Å². The molecule has 144 valence electrons. The van der Waals surface area contributed by atoms with Gasteiger partial charge in [0.2, 0.25) is 5.95 Å². The summed E-state index contributed by atoms with van der Waals surface area (Å²) in [6.07, 6.45) is 3.45. The van der Waals surface area contributed by atoms with Gasteiger partial charge >= 0.3 is 0 Å². The Morgan fingerprint density at radius 3 is 2.79 bits per heavy atom. The fraction of sp³-hybridized carbons (Fsp3) is 0.0952. The maximum Gasteiger partial charge on any atom is 0.255 e. The summed E-state index contributed by atoms with van der Waals surface area (Å²) < 4.78 is 1.78. The SMILES string of the molecule is CC1=C(NC(=O)c2ccc(Cl)cc2)C(c2c[nH]c3ccccc23)n2ncnc2N1. The summed E-state index contributed by atoms with van der Waals surface area (Å²) in [6, 6.07) is 14.5. The summed E-state index contributed by atoms with van der Waals surface area (Å²) in [7, 11) is 0. The Kier molecular flexibility index (Phi) is 4.10. The van der Waals surface area contributed by atoms with Crippen LogP contribution in [0.3, 0.4) is 0 Å². The third kappa shape index (κ3) is 2.96. The van der Waals surface area contributed by atoms with Gasteiger partial charge in [-0.25, -0.2) is 4.68 Å². The normalized spacial score (nSPS) is 15.9. The minimum atomic E-state index is -0.332. The smallest absolute Gasteiger partial charge is 0.255 e. The molecular weight excluding hydrogens is 388 g/mol. The Hall–Kier alpha value is -3.58. The molecule has 1 aliphatic heterocycles. The van der Waals surface area contributed by atoms with E-state index in [-0.39, 0.29) is 11.9 Å². The van der Waals surface area contributed by atoms with Gasteiger partial charge < -0.3 is 15.6 Å². The van der Waals surface area contributed by atoms with E-state index in [0.717, 1.165) is 22.2 Å². The van der Waals surface area contributed by atoms with Crippen molar-refractivity contribution in [2.45, 2.75) is 13.0 Å². The van der Waals surface area contributed by atoms with E-state index in [9.17, 15) is 4.79 Å². The first-order valence-corrected chi connectivity index (χ1v) is 9.50. The molecule has 0 saturated heterocycles. The monoisotopic (exact) mass is 404 g/mol.